The minimum atomic E-state index is 0.250. The van der Waals surface area contributed by atoms with Crippen molar-refractivity contribution >= 4 is 11.9 Å². The molecule has 0 unspecified atom stereocenters. The van der Waals surface area contributed by atoms with Crippen LogP contribution in [0.25, 0.3) is 11.1 Å². The van der Waals surface area contributed by atoms with Gasteiger partial charge in [-0.05, 0) is 66.1 Å². The highest BCUT2D eigenvalue weighted by Gasteiger charge is 2.06. The quantitative estimate of drug-likeness (QED) is 0.776. The van der Waals surface area contributed by atoms with Crippen molar-refractivity contribution in [2.45, 2.75) is 44.9 Å². The molecule has 0 atom stereocenters. The van der Waals surface area contributed by atoms with Gasteiger partial charge in [-0.1, -0.05) is 50.6 Å². The van der Waals surface area contributed by atoms with Crippen molar-refractivity contribution in [3.8, 4) is 11.1 Å². The summed E-state index contributed by atoms with van der Waals surface area (Å²) in [6, 6.07) is 15.3. The van der Waals surface area contributed by atoms with Crippen LogP contribution in [-0.2, 0) is 12.8 Å². The van der Waals surface area contributed by atoms with Crippen molar-refractivity contribution < 1.29 is 5.11 Å². The number of hydrogen-bond donors (Lipinski definition) is 2. The van der Waals surface area contributed by atoms with Crippen LogP contribution >= 0.6 is 11.9 Å². The summed E-state index contributed by atoms with van der Waals surface area (Å²) in [7, 11) is 0. The fourth-order valence-corrected chi connectivity index (χ4v) is 2.73. The molecule has 3 heteroatoms. The molecule has 0 saturated carbocycles. The van der Waals surface area contributed by atoms with Gasteiger partial charge in [-0.25, -0.2) is 0 Å². The number of nitrogens with two attached hydrogens (primary N) is 1. The van der Waals surface area contributed by atoms with E-state index in [1.807, 2.05) is 0 Å². The molecule has 2 aromatic carbocycles. The molecule has 0 bridgehead atoms. The summed E-state index contributed by atoms with van der Waals surface area (Å²) in [6.45, 7) is 6.36. The molecule has 2 aromatic rings. The number of rotatable bonds is 5. The highest BCUT2D eigenvalue weighted by molar-refractivity contribution is 7.97. The second-order valence-corrected chi connectivity index (χ2v) is 5.76. The molecule has 22 heavy (non-hydrogen) atoms. The van der Waals surface area contributed by atoms with Gasteiger partial charge in [0.2, 0.25) is 0 Å². The molecule has 0 radical (unpaired) electrons. The largest absolute Gasteiger partial charge is 0.397 e. The van der Waals surface area contributed by atoms with Gasteiger partial charge in [0.1, 0.15) is 0 Å². The summed E-state index contributed by atoms with van der Waals surface area (Å²) in [4.78, 5) is 1.11. The van der Waals surface area contributed by atoms with Crippen LogP contribution in [0.2, 0.25) is 0 Å². The van der Waals surface area contributed by atoms with E-state index < -0.39 is 0 Å². The third-order valence-electron chi connectivity index (χ3n) is 3.37. The van der Waals surface area contributed by atoms with Gasteiger partial charge < -0.3 is 5.11 Å². The summed E-state index contributed by atoms with van der Waals surface area (Å²) in [5.41, 5.74) is 5.44. The van der Waals surface area contributed by atoms with E-state index in [1.165, 1.54) is 40.6 Å². The van der Waals surface area contributed by atoms with Gasteiger partial charge in [0, 0.05) is 11.5 Å². The van der Waals surface area contributed by atoms with Gasteiger partial charge in [0.05, 0.1) is 0 Å². The van der Waals surface area contributed by atoms with E-state index in [-0.39, 0.29) is 6.61 Å². The SMILES string of the molecule is CCCc1ccc(CC)c(-c2cccc(SN)c2)c1.CCO. The predicted octanol–water partition coefficient (Wildman–Crippen LogP) is 4.83. The fourth-order valence-electron chi connectivity index (χ4n) is 2.38. The number of aryl methyl sites for hydroxylation is 2. The highest BCUT2D eigenvalue weighted by atomic mass is 32.2. The highest BCUT2D eigenvalue weighted by Crippen LogP contribution is 2.28. The van der Waals surface area contributed by atoms with E-state index in [4.69, 9.17) is 10.2 Å². The molecule has 3 N–H and O–H groups in total. The van der Waals surface area contributed by atoms with Gasteiger partial charge in [0.15, 0.2) is 0 Å². The molecule has 2 nitrogen and oxygen atoms in total. The van der Waals surface area contributed by atoms with Crippen LogP contribution in [-0.4, -0.2) is 11.7 Å². The molecule has 0 fully saturated rings. The van der Waals surface area contributed by atoms with Crippen molar-refractivity contribution in [2.75, 3.05) is 6.61 Å². The zero-order valence-corrected chi connectivity index (χ0v) is 14.6. The second kappa shape index (κ2) is 10.4. The zero-order valence-electron chi connectivity index (χ0n) is 13.8. The number of benzene rings is 2. The molecule has 0 heterocycles. The Morgan fingerprint density at radius 1 is 1.05 bits per heavy atom. The van der Waals surface area contributed by atoms with Crippen LogP contribution in [0.4, 0.5) is 0 Å². The molecule has 120 valence electrons. The van der Waals surface area contributed by atoms with Gasteiger partial charge in [0.25, 0.3) is 0 Å². The lowest BCUT2D eigenvalue weighted by Gasteiger charge is -2.11. The van der Waals surface area contributed by atoms with Crippen molar-refractivity contribution in [3.63, 3.8) is 0 Å². The van der Waals surface area contributed by atoms with Gasteiger partial charge in [-0.15, -0.1) is 0 Å². The average Bonchev–Trinajstić information content (AvgIpc) is 2.56. The smallest absolute Gasteiger partial charge is 0.0402 e. The molecule has 0 spiro atoms. The van der Waals surface area contributed by atoms with E-state index in [2.05, 4.69) is 56.3 Å². The van der Waals surface area contributed by atoms with Crippen molar-refractivity contribution in [3.05, 3.63) is 53.6 Å². The lowest BCUT2D eigenvalue weighted by atomic mass is 9.94. The van der Waals surface area contributed by atoms with Crippen molar-refractivity contribution in [1.82, 2.24) is 0 Å². The summed E-state index contributed by atoms with van der Waals surface area (Å²) in [5, 5.41) is 13.2. The lowest BCUT2D eigenvalue weighted by Crippen LogP contribution is -1.92. The molecular weight excluding hydrogens is 290 g/mol. The third kappa shape index (κ3) is 5.48. The third-order valence-corrected chi connectivity index (χ3v) is 3.90. The van der Waals surface area contributed by atoms with Crippen LogP contribution in [0.5, 0.6) is 0 Å². The topological polar surface area (TPSA) is 46.2 Å². The Labute approximate surface area is 138 Å². The molecule has 0 aliphatic carbocycles. The molecule has 0 aliphatic heterocycles. The van der Waals surface area contributed by atoms with E-state index in [1.54, 1.807) is 6.92 Å². The van der Waals surface area contributed by atoms with Crippen LogP contribution in [0.3, 0.4) is 0 Å². The van der Waals surface area contributed by atoms with Crippen LogP contribution < -0.4 is 5.14 Å². The first-order valence-corrected chi connectivity index (χ1v) is 8.77. The lowest BCUT2D eigenvalue weighted by molar-refractivity contribution is 0.318. The first kappa shape index (κ1) is 18.8. The molecular formula is C19H27NOS. The van der Waals surface area contributed by atoms with E-state index in [0.717, 1.165) is 17.7 Å². The maximum absolute atomic E-state index is 7.57. The minimum Gasteiger partial charge on any atom is -0.397 e. The molecule has 0 saturated heterocycles. The molecule has 0 aromatic heterocycles. The first-order valence-electron chi connectivity index (χ1n) is 7.89. The Morgan fingerprint density at radius 2 is 1.77 bits per heavy atom. The summed E-state index contributed by atoms with van der Waals surface area (Å²) in [5.74, 6) is 0. The summed E-state index contributed by atoms with van der Waals surface area (Å²) in [6.07, 6.45) is 3.38. The average molecular weight is 317 g/mol. The van der Waals surface area contributed by atoms with Gasteiger partial charge >= 0.3 is 0 Å². The fraction of sp³-hybridized carbons (Fsp3) is 0.368. The maximum atomic E-state index is 7.57. The summed E-state index contributed by atoms with van der Waals surface area (Å²) >= 11 is 1.31. The van der Waals surface area contributed by atoms with Crippen LogP contribution in [0.1, 0.15) is 38.3 Å². The normalized spacial score (nSPS) is 10.0. The maximum Gasteiger partial charge on any atom is 0.0402 e. The van der Waals surface area contributed by atoms with Gasteiger partial charge in [-0.3, -0.25) is 5.14 Å². The summed E-state index contributed by atoms with van der Waals surface area (Å²) < 4.78 is 0. The van der Waals surface area contributed by atoms with Crippen LogP contribution in [0.15, 0.2) is 47.4 Å². The Morgan fingerprint density at radius 3 is 2.36 bits per heavy atom. The van der Waals surface area contributed by atoms with Gasteiger partial charge in [-0.2, -0.15) is 0 Å². The minimum absolute atomic E-state index is 0.250. The Balaban J connectivity index is 0.000000745. The van der Waals surface area contributed by atoms with E-state index in [0.29, 0.717) is 0 Å². The first-order chi connectivity index (χ1) is 10.7. The van der Waals surface area contributed by atoms with Crippen LogP contribution in [0, 0.1) is 0 Å². The number of aliphatic hydroxyl groups is 1. The number of aliphatic hydroxyl groups excluding tert-OH is 1. The Kier molecular flexibility index (Phi) is 8.90. The van der Waals surface area contributed by atoms with E-state index in [9.17, 15) is 0 Å². The van der Waals surface area contributed by atoms with Crippen molar-refractivity contribution in [2.24, 2.45) is 5.14 Å². The van der Waals surface area contributed by atoms with E-state index >= 15 is 0 Å². The number of hydrogen-bond acceptors (Lipinski definition) is 3. The Hall–Kier alpha value is -1.29. The monoisotopic (exact) mass is 317 g/mol. The van der Waals surface area contributed by atoms with Crippen molar-refractivity contribution in [1.29, 1.82) is 0 Å². The molecule has 0 aliphatic rings. The zero-order chi connectivity index (χ0) is 16.4. The standard InChI is InChI=1S/C17H21NS.C2H6O/c1-3-6-13-9-10-14(4-2)17(11-13)15-7-5-8-16(12-15)19-18;1-2-3/h5,7-12H,3-4,6,18H2,1-2H3;3H,2H2,1H3. The Bertz CT molecular complexity index is 569. The predicted molar refractivity (Wildman–Crippen MR) is 98.1 cm³/mol. The molecule has 0 amide bonds. The second-order valence-electron chi connectivity index (χ2n) is 5.06. The molecule has 2 rings (SSSR count).